The molecule has 2 aliphatic rings. The largest absolute Gasteiger partial charge is 0.483 e. The second-order valence-corrected chi connectivity index (χ2v) is 8.08. The number of benzene rings is 2. The molecule has 1 fully saturated rings. The Hall–Kier alpha value is -3.10. The highest BCUT2D eigenvalue weighted by Crippen LogP contribution is 2.34. The van der Waals surface area contributed by atoms with Gasteiger partial charge in [0.2, 0.25) is 0 Å². The molecule has 0 radical (unpaired) electrons. The molecule has 1 N–H and O–H groups in total. The quantitative estimate of drug-likeness (QED) is 0.714. The lowest BCUT2D eigenvalue weighted by molar-refractivity contribution is -0.121. The highest BCUT2D eigenvalue weighted by atomic mass is 16.5. The van der Waals surface area contributed by atoms with Crippen molar-refractivity contribution in [1.29, 1.82) is 0 Å². The molecule has 2 aliphatic heterocycles. The molecule has 0 aromatic heterocycles. The van der Waals surface area contributed by atoms with Crippen LogP contribution >= 0.6 is 0 Å². The van der Waals surface area contributed by atoms with Crippen molar-refractivity contribution in [2.24, 2.45) is 0 Å². The van der Waals surface area contributed by atoms with Crippen molar-refractivity contribution >= 4 is 23.2 Å². The number of nitrogens with one attached hydrogen (secondary N) is 1. The van der Waals surface area contributed by atoms with Gasteiger partial charge in [-0.05, 0) is 43.2 Å². The van der Waals surface area contributed by atoms with Crippen LogP contribution in [0.5, 0.6) is 11.5 Å². The number of carbonyl (C=O) groups is 2. The number of ether oxygens (including phenoxy) is 3. The van der Waals surface area contributed by atoms with Crippen LogP contribution in [0.2, 0.25) is 0 Å². The Kier molecular flexibility index (Phi) is 6.92. The van der Waals surface area contributed by atoms with Crippen molar-refractivity contribution in [2.45, 2.75) is 13.8 Å². The van der Waals surface area contributed by atoms with Gasteiger partial charge in [-0.1, -0.05) is 12.1 Å². The summed E-state index contributed by atoms with van der Waals surface area (Å²) in [5.41, 5.74) is 3.37. The molecule has 0 bridgehead atoms. The lowest BCUT2D eigenvalue weighted by Gasteiger charge is -2.33. The van der Waals surface area contributed by atoms with Crippen LogP contribution in [0.15, 0.2) is 36.4 Å². The Morgan fingerprint density at radius 1 is 1.09 bits per heavy atom. The summed E-state index contributed by atoms with van der Waals surface area (Å²) in [6.45, 7) is 8.39. The van der Waals surface area contributed by atoms with Gasteiger partial charge in [0, 0.05) is 37.9 Å². The fourth-order valence-electron chi connectivity index (χ4n) is 3.80. The molecule has 2 amide bonds. The summed E-state index contributed by atoms with van der Waals surface area (Å²) < 4.78 is 16.7. The average Bonchev–Trinajstić information content (AvgIpc) is 2.80. The number of hydrogen-bond acceptors (Lipinski definition) is 6. The van der Waals surface area contributed by atoms with Gasteiger partial charge < -0.3 is 24.4 Å². The minimum atomic E-state index is -0.262. The van der Waals surface area contributed by atoms with Crippen LogP contribution in [-0.2, 0) is 14.3 Å². The first-order valence-electron chi connectivity index (χ1n) is 10.9. The van der Waals surface area contributed by atoms with Gasteiger partial charge in [0.05, 0.1) is 18.9 Å². The third-order valence-electron chi connectivity index (χ3n) is 5.63. The molecule has 32 heavy (non-hydrogen) atoms. The highest BCUT2D eigenvalue weighted by molar-refractivity contribution is 5.99. The molecule has 2 aromatic carbocycles. The smallest absolute Gasteiger partial charge is 0.265 e. The van der Waals surface area contributed by atoms with Gasteiger partial charge in [0.25, 0.3) is 11.8 Å². The van der Waals surface area contributed by atoms with Crippen molar-refractivity contribution in [1.82, 2.24) is 4.90 Å². The van der Waals surface area contributed by atoms with Gasteiger partial charge in [-0.3, -0.25) is 14.5 Å². The van der Waals surface area contributed by atoms with Crippen molar-refractivity contribution in [2.75, 3.05) is 62.8 Å². The second kappa shape index (κ2) is 10.0. The molecular weight excluding hydrogens is 410 g/mol. The van der Waals surface area contributed by atoms with Gasteiger partial charge >= 0.3 is 0 Å². The first-order valence-corrected chi connectivity index (χ1v) is 10.9. The Morgan fingerprint density at radius 2 is 1.91 bits per heavy atom. The Bertz CT molecular complexity index is 988. The number of carbonyl (C=O) groups excluding carboxylic acids is 2. The third kappa shape index (κ3) is 5.38. The number of nitrogens with zero attached hydrogens (tertiary/aromatic N) is 2. The number of amides is 2. The molecule has 8 nitrogen and oxygen atoms in total. The van der Waals surface area contributed by atoms with E-state index in [0.717, 1.165) is 49.7 Å². The van der Waals surface area contributed by atoms with Gasteiger partial charge in [-0.2, -0.15) is 0 Å². The summed E-state index contributed by atoms with van der Waals surface area (Å²) in [6, 6.07) is 11.2. The summed E-state index contributed by atoms with van der Waals surface area (Å²) in [7, 11) is 0. The summed E-state index contributed by atoms with van der Waals surface area (Å²) in [5.74, 6) is 0.953. The van der Waals surface area contributed by atoms with Gasteiger partial charge in [-0.15, -0.1) is 0 Å². The van der Waals surface area contributed by atoms with E-state index < -0.39 is 0 Å². The summed E-state index contributed by atoms with van der Waals surface area (Å²) >= 11 is 0. The molecular formula is C24H29N3O5. The maximum Gasteiger partial charge on any atom is 0.265 e. The van der Waals surface area contributed by atoms with E-state index in [4.69, 9.17) is 14.2 Å². The molecule has 0 unspecified atom stereocenters. The van der Waals surface area contributed by atoms with E-state index in [1.807, 2.05) is 38.1 Å². The van der Waals surface area contributed by atoms with E-state index >= 15 is 0 Å². The van der Waals surface area contributed by atoms with Gasteiger partial charge in [0.1, 0.15) is 11.5 Å². The van der Waals surface area contributed by atoms with Gasteiger partial charge in [0.15, 0.2) is 13.2 Å². The molecule has 4 rings (SSSR count). The first-order chi connectivity index (χ1) is 15.5. The van der Waals surface area contributed by atoms with Crippen LogP contribution in [0.4, 0.5) is 11.4 Å². The monoisotopic (exact) mass is 439 g/mol. The van der Waals surface area contributed by atoms with Crippen LogP contribution in [0.1, 0.15) is 11.1 Å². The molecule has 0 aliphatic carbocycles. The molecule has 1 saturated heterocycles. The SMILES string of the molecule is Cc1ccc(C)c(OCC(=O)Nc2ccc3c(c2)OCC(=O)N3CCN2CCOCC2)c1. The number of anilines is 2. The number of fused-ring (bicyclic) bond motifs is 1. The maximum absolute atomic E-state index is 12.4. The fourth-order valence-corrected chi connectivity index (χ4v) is 3.80. The fraction of sp³-hybridized carbons (Fsp3) is 0.417. The topological polar surface area (TPSA) is 80.3 Å². The average molecular weight is 440 g/mol. The normalized spacial score (nSPS) is 16.3. The van der Waals surface area contributed by atoms with E-state index in [2.05, 4.69) is 10.2 Å². The van der Waals surface area contributed by atoms with Crippen LogP contribution in [0.25, 0.3) is 0 Å². The van der Waals surface area contributed by atoms with Crippen molar-refractivity contribution in [3.8, 4) is 11.5 Å². The lowest BCUT2D eigenvalue weighted by atomic mass is 10.1. The molecule has 0 spiro atoms. The minimum Gasteiger partial charge on any atom is -0.483 e. The van der Waals surface area contributed by atoms with Crippen molar-refractivity contribution in [3.63, 3.8) is 0 Å². The van der Waals surface area contributed by atoms with Gasteiger partial charge in [-0.25, -0.2) is 0 Å². The number of hydrogen-bond donors (Lipinski definition) is 1. The summed E-state index contributed by atoms with van der Waals surface area (Å²) in [4.78, 5) is 28.9. The van der Waals surface area contributed by atoms with E-state index in [0.29, 0.717) is 23.7 Å². The van der Waals surface area contributed by atoms with E-state index in [-0.39, 0.29) is 25.0 Å². The molecule has 0 saturated carbocycles. The zero-order chi connectivity index (χ0) is 22.5. The molecule has 170 valence electrons. The Morgan fingerprint density at radius 3 is 2.72 bits per heavy atom. The number of rotatable bonds is 7. The van der Waals surface area contributed by atoms with E-state index in [1.165, 1.54) is 0 Å². The predicted molar refractivity (Wildman–Crippen MR) is 122 cm³/mol. The number of aryl methyl sites for hydroxylation is 2. The van der Waals surface area contributed by atoms with E-state index in [1.54, 1.807) is 17.0 Å². The first kappa shape index (κ1) is 22.1. The lowest BCUT2D eigenvalue weighted by Crippen LogP contribution is -2.45. The zero-order valence-corrected chi connectivity index (χ0v) is 18.6. The highest BCUT2D eigenvalue weighted by Gasteiger charge is 2.26. The molecule has 0 atom stereocenters. The molecule has 8 heteroatoms. The predicted octanol–water partition coefficient (Wildman–Crippen LogP) is 2.38. The third-order valence-corrected chi connectivity index (χ3v) is 5.63. The minimum absolute atomic E-state index is 0.0107. The second-order valence-electron chi connectivity index (χ2n) is 8.08. The van der Waals surface area contributed by atoms with E-state index in [9.17, 15) is 9.59 Å². The standard InChI is InChI=1S/C24H29N3O5/c1-17-3-4-18(2)21(13-17)31-15-23(28)25-19-5-6-20-22(14-19)32-16-24(29)27(20)8-7-26-9-11-30-12-10-26/h3-6,13-14H,7-12,15-16H2,1-2H3,(H,25,28). The Labute approximate surface area is 188 Å². The van der Waals surface area contributed by atoms with Crippen LogP contribution < -0.4 is 19.7 Å². The van der Waals surface area contributed by atoms with Crippen molar-refractivity contribution in [3.05, 3.63) is 47.5 Å². The van der Waals surface area contributed by atoms with Crippen molar-refractivity contribution < 1.29 is 23.8 Å². The number of morpholine rings is 1. The maximum atomic E-state index is 12.4. The molecule has 2 heterocycles. The summed E-state index contributed by atoms with van der Waals surface area (Å²) in [5, 5.41) is 2.84. The Balaban J connectivity index is 1.36. The zero-order valence-electron chi connectivity index (χ0n) is 18.6. The van der Waals surface area contributed by atoms with Crippen LogP contribution in [0.3, 0.4) is 0 Å². The molecule has 2 aromatic rings. The van der Waals surface area contributed by atoms with Crippen LogP contribution in [-0.4, -0.2) is 69.3 Å². The summed E-state index contributed by atoms with van der Waals surface area (Å²) in [6.07, 6.45) is 0. The van der Waals surface area contributed by atoms with Crippen LogP contribution in [0, 0.1) is 13.8 Å².